The first kappa shape index (κ1) is 17.1. The first-order valence-electron chi connectivity index (χ1n) is 8.55. The number of carbonyl (C=O) groups excluding carboxylic acids is 1. The van der Waals surface area contributed by atoms with Crippen LogP contribution in [0, 0.1) is 11.3 Å². The molecular formula is C17H32N4O. The summed E-state index contributed by atoms with van der Waals surface area (Å²) in [6, 6.07) is 0. The van der Waals surface area contributed by atoms with Crippen molar-refractivity contribution < 1.29 is 4.79 Å². The van der Waals surface area contributed by atoms with E-state index in [4.69, 9.17) is 0 Å². The van der Waals surface area contributed by atoms with Gasteiger partial charge in [0.2, 0.25) is 5.91 Å². The highest BCUT2D eigenvalue weighted by Gasteiger charge is 2.53. The molecule has 1 saturated heterocycles. The molecule has 0 aromatic carbocycles. The second-order valence-corrected chi connectivity index (χ2v) is 7.78. The van der Waals surface area contributed by atoms with E-state index in [9.17, 15) is 4.79 Å². The predicted molar refractivity (Wildman–Crippen MR) is 90.9 cm³/mol. The van der Waals surface area contributed by atoms with E-state index in [2.05, 4.69) is 48.2 Å². The third kappa shape index (κ3) is 3.23. The fraction of sp³-hybridized carbons (Fsp3) is 0.882. The first-order chi connectivity index (χ1) is 10.3. The molecule has 2 N–H and O–H groups in total. The van der Waals surface area contributed by atoms with E-state index in [1.165, 1.54) is 6.42 Å². The molecule has 5 nitrogen and oxygen atoms in total. The van der Waals surface area contributed by atoms with Crippen molar-refractivity contribution in [1.82, 2.24) is 15.5 Å². The lowest BCUT2D eigenvalue weighted by Gasteiger charge is -2.62. The number of rotatable bonds is 5. The van der Waals surface area contributed by atoms with Crippen LogP contribution in [0.5, 0.6) is 0 Å². The lowest BCUT2D eigenvalue weighted by Crippen LogP contribution is -2.72. The van der Waals surface area contributed by atoms with Crippen LogP contribution >= 0.6 is 0 Å². The molecule has 0 unspecified atom stereocenters. The van der Waals surface area contributed by atoms with Gasteiger partial charge in [0, 0.05) is 43.6 Å². The summed E-state index contributed by atoms with van der Waals surface area (Å²) in [6.45, 7) is 11.7. The van der Waals surface area contributed by atoms with Crippen molar-refractivity contribution >= 4 is 11.9 Å². The summed E-state index contributed by atoms with van der Waals surface area (Å²) < 4.78 is 0. The quantitative estimate of drug-likeness (QED) is 0.464. The van der Waals surface area contributed by atoms with E-state index in [0.29, 0.717) is 5.41 Å². The van der Waals surface area contributed by atoms with Gasteiger partial charge in [0.15, 0.2) is 5.96 Å². The van der Waals surface area contributed by atoms with Crippen LogP contribution < -0.4 is 10.6 Å². The van der Waals surface area contributed by atoms with Gasteiger partial charge >= 0.3 is 0 Å². The second-order valence-electron chi connectivity index (χ2n) is 7.78. The zero-order valence-electron chi connectivity index (χ0n) is 14.8. The van der Waals surface area contributed by atoms with Gasteiger partial charge in [-0.1, -0.05) is 20.3 Å². The molecule has 0 aromatic heterocycles. The molecule has 0 spiro atoms. The van der Waals surface area contributed by atoms with Gasteiger partial charge in [-0.05, 0) is 33.1 Å². The number of guanidine groups is 1. The summed E-state index contributed by atoms with van der Waals surface area (Å²) >= 11 is 0. The number of amides is 1. The monoisotopic (exact) mass is 308 g/mol. The number of nitrogens with one attached hydrogen (secondary N) is 2. The maximum Gasteiger partial charge on any atom is 0.223 e. The van der Waals surface area contributed by atoms with Gasteiger partial charge in [0.05, 0.1) is 0 Å². The number of nitrogens with zero attached hydrogens (tertiary/aromatic N) is 2. The van der Waals surface area contributed by atoms with Gasteiger partial charge in [-0.25, -0.2) is 0 Å². The molecule has 5 heteroatoms. The highest BCUT2D eigenvalue weighted by Crippen LogP contribution is 2.46. The van der Waals surface area contributed by atoms with Crippen molar-refractivity contribution in [3.8, 4) is 0 Å². The summed E-state index contributed by atoms with van der Waals surface area (Å²) in [5, 5.41) is 6.45. The van der Waals surface area contributed by atoms with Crippen molar-refractivity contribution in [2.24, 2.45) is 16.3 Å². The average Bonchev–Trinajstić information content (AvgIpc) is 2.39. The van der Waals surface area contributed by atoms with E-state index in [1.807, 2.05) is 7.05 Å². The Hall–Kier alpha value is -1.26. The Kier molecular flexibility index (Phi) is 5.03. The molecule has 126 valence electrons. The fourth-order valence-electron chi connectivity index (χ4n) is 3.01. The van der Waals surface area contributed by atoms with Crippen LogP contribution in [0.4, 0.5) is 0 Å². The van der Waals surface area contributed by atoms with Crippen LogP contribution in [0.3, 0.4) is 0 Å². The van der Waals surface area contributed by atoms with Crippen LogP contribution in [0.15, 0.2) is 4.99 Å². The van der Waals surface area contributed by atoms with Gasteiger partial charge in [0.1, 0.15) is 0 Å². The Morgan fingerprint density at radius 1 is 1.18 bits per heavy atom. The average molecular weight is 308 g/mol. The van der Waals surface area contributed by atoms with E-state index in [-0.39, 0.29) is 17.4 Å². The van der Waals surface area contributed by atoms with Crippen molar-refractivity contribution in [2.45, 2.75) is 58.9 Å². The minimum Gasteiger partial charge on any atom is -0.356 e. The zero-order valence-corrected chi connectivity index (χ0v) is 14.8. The molecule has 1 saturated carbocycles. The Balaban J connectivity index is 1.66. The molecule has 2 fully saturated rings. The Morgan fingerprint density at radius 3 is 2.27 bits per heavy atom. The number of likely N-dealkylation sites (tertiary alicyclic amines) is 1. The standard InChI is InChI=1S/C17H32N4O/c1-16(2)12-21(17(16,3)4)15(18-5)20-11-7-10-19-14(22)13-8-6-9-13/h13H,6-12H2,1-5H3,(H,18,20)(H,19,22). The van der Waals surface area contributed by atoms with Crippen LogP contribution in [0.25, 0.3) is 0 Å². The summed E-state index contributed by atoms with van der Waals surface area (Å²) in [6.07, 6.45) is 4.26. The molecule has 0 aromatic rings. The van der Waals surface area contributed by atoms with Crippen LogP contribution in [0.1, 0.15) is 53.4 Å². The summed E-state index contributed by atoms with van der Waals surface area (Å²) in [5.41, 5.74) is 0.425. The topological polar surface area (TPSA) is 56.7 Å². The lowest BCUT2D eigenvalue weighted by atomic mass is 9.65. The normalized spacial score (nSPS) is 23.5. The van der Waals surface area contributed by atoms with Crippen molar-refractivity contribution in [1.29, 1.82) is 0 Å². The van der Waals surface area contributed by atoms with E-state index >= 15 is 0 Å². The molecule has 2 aliphatic rings. The second kappa shape index (κ2) is 6.47. The molecule has 0 atom stereocenters. The molecule has 22 heavy (non-hydrogen) atoms. The molecule has 1 aliphatic carbocycles. The largest absolute Gasteiger partial charge is 0.356 e. The summed E-state index contributed by atoms with van der Waals surface area (Å²) in [7, 11) is 1.84. The smallest absolute Gasteiger partial charge is 0.223 e. The van der Waals surface area contributed by atoms with E-state index < -0.39 is 0 Å². The van der Waals surface area contributed by atoms with Crippen LogP contribution in [-0.4, -0.2) is 49.0 Å². The van der Waals surface area contributed by atoms with Gasteiger partial charge in [-0.3, -0.25) is 9.79 Å². The third-order valence-electron chi connectivity index (χ3n) is 5.76. The third-order valence-corrected chi connectivity index (χ3v) is 5.76. The molecule has 0 bridgehead atoms. The maximum absolute atomic E-state index is 11.7. The minimum atomic E-state index is 0.118. The number of aliphatic imine (C=N–C) groups is 1. The Bertz CT molecular complexity index is 438. The summed E-state index contributed by atoms with van der Waals surface area (Å²) in [5.74, 6) is 1.49. The van der Waals surface area contributed by atoms with Crippen molar-refractivity contribution in [2.75, 3.05) is 26.7 Å². The molecule has 1 heterocycles. The van der Waals surface area contributed by atoms with Gasteiger partial charge < -0.3 is 15.5 Å². The molecule has 1 amide bonds. The fourth-order valence-corrected chi connectivity index (χ4v) is 3.01. The minimum absolute atomic E-state index is 0.118. The van der Waals surface area contributed by atoms with Gasteiger partial charge in [0.25, 0.3) is 0 Å². The molecule has 0 radical (unpaired) electrons. The van der Waals surface area contributed by atoms with Crippen molar-refractivity contribution in [3.05, 3.63) is 0 Å². The highest BCUT2D eigenvalue weighted by molar-refractivity contribution is 5.82. The van der Waals surface area contributed by atoms with Crippen LogP contribution in [0.2, 0.25) is 0 Å². The van der Waals surface area contributed by atoms with Gasteiger partial charge in [-0.2, -0.15) is 0 Å². The first-order valence-corrected chi connectivity index (χ1v) is 8.55. The van der Waals surface area contributed by atoms with Gasteiger partial charge in [-0.15, -0.1) is 0 Å². The van der Waals surface area contributed by atoms with E-state index in [0.717, 1.165) is 44.9 Å². The molecular weight excluding hydrogens is 276 g/mol. The predicted octanol–water partition coefficient (Wildman–Crippen LogP) is 1.99. The maximum atomic E-state index is 11.7. The zero-order chi connectivity index (χ0) is 16.4. The lowest BCUT2D eigenvalue weighted by molar-refractivity contribution is -0.127. The number of hydrogen-bond donors (Lipinski definition) is 2. The van der Waals surface area contributed by atoms with Crippen molar-refractivity contribution in [3.63, 3.8) is 0 Å². The summed E-state index contributed by atoms with van der Waals surface area (Å²) in [4.78, 5) is 18.5. The molecule has 2 rings (SSSR count). The highest BCUT2D eigenvalue weighted by atomic mass is 16.1. The Morgan fingerprint density at radius 2 is 1.82 bits per heavy atom. The Labute approximate surface area is 134 Å². The number of carbonyl (C=O) groups is 1. The van der Waals surface area contributed by atoms with E-state index in [1.54, 1.807) is 0 Å². The SMILES string of the molecule is CN=C(NCCCNC(=O)C1CCC1)N1CC(C)(C)C1(C)C. The molecule has 1 aliphatic heterocycles. The number of hydrogen-bond acceptors (Lipinski definition) is 2. The van der Waals surface area contributed by atoms with Crippen LogP contribution in [-0.2, 0) is 4.79 Å².